The van der Waals surface area contributed by atoms with Gasteiger partial charge in [-0.3, -0.25) is 4.72 Å². The van der Waals surface area contributed by atoms with Crippen LogP contribution in [0.4, 0.5) is 5.69 Å². The van der Waals surface area contributed by atoms with Gasteiger partial charge in [0.1, 0.15) is 30.2 Å². The van der Waals surface area contributed by atoms with Gasteiger partial charge in [0.15, 0.2) is 0 Å². The number of anilines is 1. The number of sulfonamides is 1. The summed E-state index contributed by atoms with van der Waals surface area (Å²) in [5.74, 6) is 0.229. The number of rotatable bonds is 6. The van der Waals surface area contributed by atoms with Gasteiger partial charge >= 0.3 is 0 Å². The molecule has 1 fully saturated rings. The fraction of sp³-hybridized carbons (Fsp3) is 0.455. The molecule has 5 N–H and O–H groups in total. The van der Waals surface area contributed by atoms with Crippen LogP contribution < -0.4 is 9.46 Å². The van der Waals surface area contributed by atoms with Crippen LogP contribution in [0.5, 0.6) is 5.75 Å². The second-order valence-electron chi connectivity index (χ2n) is 8.72. The second kappa shape index (κ2) is 9.34. The van der Waals surface area contributed by atoms with Crippen molar-refractivity contribution in [2.24, 2.45) is 0 Å². The van der Waals surface area contributed by atoms with Gasteiger partial charge in [0, 0.05) is 5.69 Å². The first-order chi connectivity index (χ1) is 14.9. The van der Waals surface area contributed by atoms with Gasteiger partial charge in [0.2, 0.25) is 6.29 Å². The first-order valence-electron chi connectivity index (χ1n) is 10.1. The summed E-state index contributed by atoms with van der Waals surface area (Å²) in [5.41, 5.74) is 1.23. The molecule has 10 heteroatoms. The van der Waals surface area contributed by atoms with Crippen LogP contribution in [0.1, 0.15) is 26.3 Å². The Kier molecular flexibility index (Phi) is 7.13. The van der Waals surface area contributed by atoms with Crippen LogP contribution in [0.25, 0.3) is 0 Å². The summed E-state index contributed by atoms with van der Waals surface area (Å²) in [6, 6.07) is 12.5. The molecule has 5 atom stereocenters. The van der Waals surface area contributed by atoms with Crippen molar-refractivity contribution in [3.05, 3.63) is 54.1 Å². The van der Waals surface area contributed by atoms with Gasteiger partial charge in [-0.1, -0.05) is 32.9 Å². The number of hydrogen-bond donors (Lipinski definition) is 5. The maximum Gasteiger partial charge on any atom is 0.261 e. The van der Waals surface area contributed by atoms with E-state index in [2.05, 4.69) is 4.72 Å². The van der Waals surface area contributed by atoms with Gasteiger partial charge in [-0.05, 0) is 47.4 Å². The lowest BCUT2D eigenvalue weighted by Crippen LogP contribution is -2.60. The lowest BCUT2D eigenvalue weighted by molar-refractivity contribution is -0.277. The second-order valence-corrected chi connectivity index (χ2v) is 10.4. The Bertz CT molecular complexity index is 1000. The molecule has 1 saturated heterocycles. The summed E-state index contributed by atoms with van der Waals surface area (Å²) < 4.78 is 38.6. The lowest BCUT2D eigenvalue weighted by Gasteiger charge is -2.39. The van der Waals surface area contributed by atoms with E-state index in [1.807, 2.05) is 20.8 Å². The van der Waals surface area contributed by atoms with E-state index in [9.17, 15) is 28.8 Å². The largest absolute Gasteiger partial charge is 0.462 e. The summed E-state index contributed by atoms with van der Waals surface area (Å²) in [5, 5.41) is 39.0. The minimum absolute atomic E-state index is 0.0908. The van der Waals surface area contributed by atoms with Crippen LogP contribution in [0.15, 0.2) is 53.4 Å². The Labute approximate surface area is 187 Å². The van der Waals surface area contributed by atoms with E-state index in [-0.39, 0.29) is 16.1 Å². The zero-order chi connectivity index (χ0) is 23.7. The molecule has 0 aliphatic carbocycles. The SMILES string of the molecule is CC(C)(C)c1ccc(S(=O)(=O)Nc2ccc(O[C@H]3O[C@H](CO)[C@@H](O)[C@H](O)[C@H]3O)cc2)cc1. The van der Waals surface area contributed by atoms with Crippen molar-refractivity contribution in [3.63, 3.8) is 0 Å². The van der Waals surface area contributed by atoms with Gasteiger partial charge in [-0.15, -0.1) is 0 Å². The lowest BCUT2D eigenvalue weighted by atomic mass is 9.87. The van der Waals surface area contributed by atoms with Crippen molar-refractivity contribution >= 4 is 15.7 Å². The number of nitrogens with one attached hydrogen (secondary N) is 1. The normalized spacial score (nSPS) is 26.5. The molecule has 2 aromatic carbocycles. The average molecular weight is 468 g/mol. The molecule has 0 aromatic heterocycles. The molecular weight excluding hydrogens is 438 g/mol. The summed E-state index contributed by atoms with van der Waals surface area (Å²) in [7, 11) is -3.79. The molecular formula is C22H29NO8S. The van der Waals surface area contributed by atoms with E-state index < -0.39 is 47.3 Å². The highest BCUT2D eigenvalue weighted by molar-refractivity contribution is 7.92. The van der Waals surface area contributed by atoms with Gasteiger partial charge in [0.25, 0.3) is 10.0 Å². The smallest absolute Gasteiger partial charge is 0.261 e. The first-order valence-corrected chi connectivity index (χ1v) is 11.6. The van der Waals surface area contributed by atoms with Crippen LogP contribution in [-0.2, 0) is 20.2 Å². The molecule has 0 saturated carbocycles. The van der Waals surface area contributed by atoms with E-state index in [1.165, 1.54) is 24.3 Å². The van der Waals surface area contributed by atoms with Crippen LogP contribution >= 0.6 is 0 Å². The van der Waals surface area contributed by atoms with Crippen LogP contribution in [0, 0.1) is 0 Å². The zero-order valence-corrected chi connectivity index (χ0v) is 18.9. The predicted octanol–water partition coefficient (Wildman–Crippen LogP) is 0.964. The molecule has 1 aliphatic heterocycles. The molecule has 3 rings (SSSR count). The maximum absolute atomic E-state index is 12.7. The fourth-order valence-electron chi connectivity index (χ4n) is 3.25. The van der Waals surface area contributed by atoms with Gasteiger partial charge < -0.3 is 29.9 Å². The Morgan fingerprint density at radius 1 is 0.938 bits per heavy atom. The number of aliphatic hydroxyl groups is 4. The molecule has 9 nitrogen and oxygen atoms in total. The van der Waals surface area contributed by atoms with Crippen molar-refractivity contribution in [1.82, 2.24) is 0 Å². The van der Waals surface area contributed by atoms with Gasteiger partial charge in [-0.2, -0.15) is 0 Å². The zero-order valence-electron chi connectivity index (χ0n) is 18.0. The van der Waals surface area contributed by atoms with Crippen molar-refractivity contribution in [2.45, 2.75) is 61.8 Å². The molecule has 176 valence electrons. The highest BCUT2D eigenvalue weighted by Crippen LogP contribution is 2.27. The molecule has 2 aromatic rings. The molecule has 0 bridgehead atoms. The topological polar surface area (TPSA) is 146 Å². The highest BCUT2D eigenvalue weighted by atomic mass is 32.2. The van der Waals surface area contributed by atoms with Gasteiger partial charge in [0.05, 0.1) is 11.5 Å². The summed E-state index contributed by atoms with van der Waals surface area (Å²) in [4.78, 5) is 0.132. The number of aliphatic hydroxyl groups excluding tert-OH is 4. The van der Waals surface area contributed by atoms with Crippen LogP contribution in [0.3, 0.4) is 0 Å². The van der Waals surface area contributed by atoms with E-state index in [0.29, 0.717) is 5.69 Å². The molecule has 0 radical (unpaired) electrons. The molecule has 0 spiro atoms. The predicted molar refractivity (Wildman–Crippen MR) is 117 cm³/mol. The monoisotopic (exact) mass is 467 g/mol. The van der Waals surface area contributed by atoms with Gasteiger partial charge in [-0.25, -0.2) is 8.42 Å². The fourth-order valence-corrected chi connectivity index (χ4v) is 4.31. The number of hydrogen-bond acceptors (Lipinski definition) is 8. The molecule has 1 aliphatic rings. The van der Waals surface area contributed by atoms with Crippen molar-refractivity contribution in [3.8, 4) is 5.75 Å². The number of ether oxygens (including phenoxy) is 2. The Balaban J connectivity index is 1.68. The van der Waals surface area contributed by atoms with Crippen LogP contribution in [0.2, 0.25) is 0 Å². The Hall–Kier alpha value is -2.21. The maximum atomic E-state index is 12.7. The average Bonchev–Trinajstić information content (AvgIpc) is 2.74. The summed E-state index contributed by atoms with van der Waals surface area (Å²) in [6.45, 7) is 5.57. The van der Waals surface area contributed by atoms with Crippen molar-refractivity contribution < 1.29 is 38.3 Å². The number of benzene rings is 2. The van der Waals surface area contributed by atoms with E-state index in [1.54, 1.807) is 24.3 Å². The third-order valence-corrected chi connectivity index (χ3v) is 6.64. The third-order valence-electron chi connectivity index (χ3n) is 5.24. The molecule has 0 amide bonds. The first kappa shape index (κ1) is 24.4. The third kappa shape index (κ3) is 5.40. The van der Waals surface area contributed by atoms with Crippen LogP contribution in [-0.4, -0.2) is 66.2 Å². The molecule has 1 heterocycles. The van der Waals surface area contributed by atoms with Crippen molar-refractivity contribution in [2.75, 3.05) is 11.3 Å². The van der Waals surface area contributed by atoms with Crippen molar-refractivity contribution in [1.29, 1.82) is 0 Å². The summed E-state index contributed by atoms with van der Waals surface area (Å²) in [6.07, 6.45) is -6.99. The van der Waals surface area contributed by atoms with E-state index in [4.69, 9.17) is 9.47 Å². The molecule has 0 unspecified atom stereocenters. The summed E-state index contributed by atoms with van der Waals surface area (Å²) >= 11 is 0. The Morgan fingerprint density at radius 2 is 1.53 bits per heavy atom. The minimum Gasteiger partial charge on any atom is -0.462 e. The van der Waals surface area contributed by atoms with E-state index in [0.717, 1.165) is 5.56 Å². The van der Waals surface area contributed by atoms with E-state index >= 15 is 0 Å². The quantitative estimate of drug-likeness (QED) is 0.422. The highest BCUT2D eigenvalue weighted by Gasteiger charge is 2.44. The Morgan fingerprint density at radius 3 is 2.06 bits per heavy atom. The minimum atomic E-state index is -3.79. The molecule has 32 heavy (non-hydrogen) atoms. The standard InChI is InChI=1S/C22H29NO8S/c1-22(2,3)13-4-10-16(11-5-13)32(28,29)23-14-6-8-15(9-7-14)30-21-20(27)19(26)18(25)17(12-24)31-21/h4-11,17-21,23-27H,12H2,1-3H3/t17-,18-,19+,20-,21+/m1/s1.